The number of ether oxygens (including phenoxy) is 1. The maximum absolute atomic E-state index is 13.3. The first kappa shape index (κ1) is 16.8. The van der Waals surface area contributed by atoms with Gasteiger partial charge in [0.1, 0.15) is 11.6 Å². The summed E-state index contributed by atoms with van der Waals surface area (Å²) in [6.45, 7) is 1.92. The monoisotopic (exact) mass is 362 g/mol. The van der Waals surface area contributed by atoms with Crippen molar-refractivity contribution in [2.45, 2.75) is 6.92 Å². The zero-order valence-corrected chi connectivity index (χ0v) is 14.4. The van der Waals surface area contributed by atoms with Crippen LogP contribution in [0, 0.1) is 12.7 Å². The van der Waals surface area contributed by atoms with Gasteiger partial charge in [0.05, 0.1) is 11.3 Å². The second kappa shape index (κ2) is 6.57. The van der Waals surface area contributed by atoms with Gasteiger partial charge in [-0.1, -0.05) is 12.1 Å². The van der Waals surface area contributed by atoms with E-state index >= 15 is 0 Å². The van der Waals surface area contributed by atoms with Gasteiger partial charge < -0.3 is 15.4 Å². The van der Waals surface area contributed by atoms with E-state index < -0.39 is 11.7 Å². The number of anilines is 2. The summed E-state index contributed by atoms with van der Waals surface area (Å²) in [4.78, 5) is 24.9. The van der Waals surface area contributed by atoms with Gasteiger partial charge in [0.15, 0.2) is 5.75 Å². The molecule has 27 heavy (non-hydrogen) atoms. The van der Waals surface area contributed by atoms with E-state index in [0.29, 0.717) is 28.4 Å². The van der Waals surface area contributed by atoms with Gasteiger partial charge in [-0.3, -0.25) is 9.59 Å². The molecule has 0 aromatic heterocycles. The molecule has 134 valence electrons. The number of halogens is 1. The Morgan fingerprint density at radius 3 is 2.67 bits per heavy atom. The topological polar surface area (TPSA) is 67.4 Å². The Morgan fingerprint density at radius 2 is 1.85 bits per heavy atom. The summed E-state index contributed by atoms with van der Waals surface area (Å²) in [6.07, 6.45) is 0. The molecule has 0 fully saturated rings. The van der Waals surface area contributed by atoms with Gasteiger partial charge in [-0.25, -0.2) is 4.39 Å². The third-order valence-electron chi connectivity index (χ3n) is 4.17. The third-order valence-corrected chi connectivity index (χ3v) is 4.17. The Balaban J connectivity index is 1.63. The van der Waals surface area contributed by atoms with Gasteiger partial charge in [0, 0.05) is 11.3 Å². The van der Waals surface area contributed by atoms with E-state index in [-0.39, 0.29) is 11.5 Å². The van der Waals surface area contributed by atoms with Crippen LogP contribution in [0.2, 0.25) is 0 Å². The van der Waals surface area contributed by atoms with E-state index in [1.807, 2.05) is 19.1 Å². The number of hydrogen-bond donors (Lipinski definition) is 2. The number of nitrogens with one attached hydrogen (secondary N) is 2. The number of benzene rings is 3. The standard InChI is InChI=1S/C21H15FN2O3/c1-12-5-7-19-17(9-12)24-21(26)16-11-15(6-8-18(16)27-19)23-20(25)13-3-2-4-14(22)10-13/h2-11H,1H3,(H,23,25)(H,24,26). The molecule has 1 heterocycles. The van der Waals surface area contributed by atoms with Gasteiger partial charge in [0.25, 0.3) is 11.8 Å². The summed E-state index contributed by atoms with van der Waals surface area (Å²) in [5.41, 5.74) is 2.46. The number of amides is 2. The molecule has 0 bridgehead atoms. The summed E-state index contributed by atoms with van der Waals surface area (Å²) in [5.74, 6) is -0.368. The minimum Gasteiger partial charge on any atom is -0.454 e. The van der Waals surface area contributed by atoms with Crippen molar-refractivity contribution < 1.29 is 18.7 Å². The predicted molar refractivity (Wildman–Crippen MR) is 100 cm³/mol. The molecule has 3 aromatic carbocycles. The SMILES string of the molecule is Cc1ccc2c(c1)NC(=O)c1cc(NC(=O)c3cccc(F)c3)ccc1O2. The molecule has 0 radical (unpaired) electrons. The van der Waals surface area contributed by atoms with Crippen LogP contribution < -0.4 is 15.4 Å². The fourth-order valence-corrected chi connectivity index (χ4v) is 2.85. The molecule has 2 amide bonds. The van der Waals surface area contributed by atoms with Crippen LogP contribution in [0.3, 0.4) is 0 Å². The van der Waals surface area contributed by atoms with E-state index in [2.05, 4.69) is 10.6 Å². The van der Waals surface area contributed by atoms with E-state index in [0.717, 1.165) is 11.6 Å². The van der Waals surface area contributed by atoms with Crippen LogP contribution in [0.5, 0.6) is 11.5 Å². The summed E-state index contributed by atoms with van der Waals surface area (Å²) in [5, 5.41) is 5.48. The van der Waals surface area contributed by atoms with Crippen LogP contribution in [-0.4, -0.2) is 11.8 Å². The lowest BCUT2D eigenvalue weighted by Crippen LogP contribution is -2.14. The normalized spacial score (nSPS) is 12.1. The van der Waals surface area contributed by atoms with Crippen molar-refractivity contribution in [3.8, 4) is 11.5 Å². The maximum atomic E-state index is 13.3. The lowest BCUT2D eigenvalue weighted by Gasteiger charge is -2.10. The summed E-state index contributed by atoms with van der Waals surface area (Å²) in [6, 6.07) is 15.7. The van der Waals surface area contributed by atoms with Crippen LogP contribution in [0.25, 0.3) is 0 Å². The Hall–Kier alpha value is -3.67. The fraction of sp³-hybridized carbons (Fsp3) is 0.0476. The van der Waals surface area contributed by atoms with Crippen molar-refractivity contribution in [2.75, 3.05) is 10.6 Å². The van der Waals surface area contributed by atoms with E-state index in [1.165, 1.54) is 24.3 Å². The average Bonchev–Trinajstić information content (AvgIpc) is 2.77. The molecule has 5 nitrogen and oxygen atoms in total. The van der Waals surface area contributed by atoms with Gasteiger partial charge in [-0.15, -0.1) is 0 Å². The molecule has 1 aliphatic rings. The van der Waals surface area contributed by atoms with Crippen molar-refractivity contribution >= 4 is 23.2 Å². The third kappa shape index (κ3) is 3.37. The second-order valence-corrected chi connectivity index (χ2v) is 6.23. The molecular formula is C21H15FN2O3. The number of hydrogen-bond acceptors (Lipinski definition) is 3. The van der Waals surface area contributed by atoms with Gasteiger partial charge in [0.2, 0.25) is 0 Å². The molecular weight excluding hydrogens is 347 g/mol. The summed E-state index contributed by atoms with van der Waals surface area (Å²) >= 11 is 0. The number of rotatable bonds is 2. The van der Waals surface area contributed by atoms with Crippen LogP contribution >= 0.6 is 0 Å². The largest absolute Gasteiger partial charge is 0.454 e. The number of aryl methyl sites for hydroxylation is 1. The number of fused-ring (bicyclic) bond motifs is 2. The highest BCUT2D eigenvalue weighted by Crippen LogP contribution is 2.37. The lowest BCUT2D eigenvalue weighted by molar-refractivity contribution is 0.101. The molecule has 0 aliphatic carbocycles. The first-order chi connectivity index (χ1) is 13.0. The molecule has 6 heteroatoms. The smallest absolute Gasteiger partial charge is 0.259 e. The Kier molecular flexibility index (Phi) is 4.08. The van der Waals surface area contributed by atoms with Crippen LogP contribution in [0.1, 0.15) is 26.3 Å². The zero-order chi connectivity index (χ0) is 19.0. The van der Waals surface area contributed by atoms with Crippen LogP contribution in [-0.2, 0) is 0 Å². The van der Waals surface area contributed by atoms with Crippen molar-refractivity contribution in [1.29, 1.82) is 0 Å². The van der Waals surface area contributed by atoms with E-state index in [1.54, 1.807) is 18.2 Å². The first-order valence-corrected chi connectivity index (χ1v) is 8.30. The van der Waals surface area contributed by atoms with Gasteiger partial charge in [-0.2, -0.15) is 0 Å². The second-order valence-electron chi connectivity index (χ2n) is 6.23. The molecule has 2 N–H and O–H groups in total. The molecule has 0 saturated carbocycles. The Morgan fingerprint density at radius 1 is 1.04 bits per heavy atom. The highest BCUT2D eigenvalue weighted by molar-refractivity contribution is 6.10. The molecule has 0 unspecified atom stereocenters. The number of carbonyl (C=O) groups excluding carboxylic acids is 2. The molecule has 0 spiro atoms. The molecule has 0 saturated heterocycles. The Labute approximate surface area is 154 Å². The number of carbonyl (C=O) groups is 2. The quantitative estimate of drug-likeness (QED) is 0.692. The van der Waals surface area contributed by atoms with Gasteiger partial charge >= 0.3 is 0 Å². The maximum Gasteiger partial charge on any atom is 0.259 e. The van der Waals surface area contributed by atoms with Crippen molar-refractivity contribution in [3.05, 3.63) is 83.2 Å². The van der Waals surface area contributed by atoms with Crippen molar-refractivity contribution in [2.24, 2.45) is 0 Å². The lowest BCUT2D eigenvalue weighted by atomic mass is 10.1. The Bertz CT molecular complexity index is 1080. The minimum absolute atomic E-state index is 0.188. The highest BCUT2D eigenvalue weighted by Gasteiger charge is 2.21. The molecule has 0 atom stereocenters. The zero-order valence-electron chi connectivity index (χ0n) is 14.4. The minimum atomic E-state index is -0.495. The highest BCUT2D eigenvalue weighted by atomic mass is 19.1. The average molecular weight is 362 g/mol. The van der Waals surface area contributed by atoms with Crippen LogP contribution in [0.15, 0.2) is 60.7 Å². The molecule has 1 aliphatic heterocycles. The fourth-order valence-electron chi connectivity index (χ4n) is 2.85. The van der Waals surface area contributed by atoms with Crippen molar-refractivity contribution in [1.82, 2.24) is 0 Å². The molecule has 4 rings (SSSR count). The first-order valence-electron chi connectivity index (χ1n) is 8.30. The summed E-state index contributed by atoms with van der Waals surface area (Å²) < 4.78 is 19.1. The predicted octanol–water partition coefficient (Wildman–Crippen LogP) is 4.74. The van der Waals surface area contributed by atoms with Crippen molar-refractivity contribution in [3.63, 3.8) is 0 Å². The van der Waals surface area contributed by atoms with Crippen LogP contribution in [0.4, 0.5) is 15.8 Å². The summed E-state index contributed by atoms with van der Waals surface area (Å²) in [7, 11) is 0. The van der Waals surface area contributed by atoms with E-state index in [9.17, 15) is 14.0 Å². The van der Waals surface area contributed by atoms with Gasteiger partial charge in [-0.05, 0) is 61.0 Å². The van der Waals surface area contributed by atoms with E-state index in [4.69, 9.17) is 4.74 Å². The molecule has 3 aromatic rings.